The summed E-state index contributed by atoms with van der Waals surface area (Å²) >= 11 is 0. The van der Waals surface area contributed by atoms with Crippen molar-refractivity contribution in [3.63, 3.8) is 0 Å². The highest BCUT2D eigenvalue weighted by molar-refractivity contribution is 5.87. The van der Waals surface area contributed by atoms with Gasteiger partial charge in [0.1, 0.15) is 5.82 Å². The number of benzene rings is 1. The number of anilines is 1. The van der Waals surface area contributed by atoms with E-state index in [9.17, 15) is 5.11 Å². The van der Waals surface area contributed by atoms with E-state index in [-0.39, 0.29) is 5.88 Å². The summed E-state index contributed by atoms with van der Waals surface area (Å²) in [7, 11) is 1.93. The maximum absolute atomic E-state index is 10.5. The number of ether oxygens (including phenoxy) is 1. The summed E-state index contributed by atoms with van der Waals surface area (Å²) in [5, 5.41) is 14.9. The molecule has 1 aliphatic heterocycles. The van der Waals surface area contributed by atoms with Gasteiger partial charge in [-0.2, -0.15) is 9.97 Å². The van der Waals surface area contributed by atoms with Crippen molar-refractivity contribution < 1.29 is 9.84 Å². The third kappa shape index (κ3) is 3.44. The maximum Gasteiger partial charge on any atom is 0.254 e. The van der Waals surface area contributed by atoms with Crippen molar-refractivity contribution in [1.29, 1.82) is 0 Å². The molecule has 0 bridgehead atoms. The highest BCUT2D eigenvalue weighted by Gasteiger charge is 2.24. The van der Waals surface area contributed by atoms with Crippen molar-refractivity contribution in [2.24, 2.45) is 7.05 Å². The minimum atomic E-state index is -0.0784. The second-order valence-electron chi connectivity index (χ2n) is 8.03. The van der Waals surface area contributed by atoms with E-state index >= 15 is 0 Å². The van der Waals surface area contributed by atoms with Crippen molar-refractivity contribution in [3.05, 3.63) is 61.1 Å². The Morgan fingerprint density at radius 2 is 1.68 bits per heavy atom. The standard InChI is InChI=1S/C24H22N8O2/c1-30-20(17-7-9-25-10-8-17)26-19-21(30)27-24(28-22(19)31-11-13-34-14-12-31)32-15-18(23(33)29-32)16-5-3-2-4-6-16/h2-10,15H,11-14H2,1H3,(H,29,33). The van der Waals surface area contributed by atoms with Gasteiger partial charge in [0.05, 0.1) is 18.8 Å². The first-order valence-corrected chi connectivity index (χ1v) is 11.0. The Morgan fingerprint density at radius 3 is 2.44 bits per heavy atom. The zero-order valence-electron chi connectivity index (χ0n) is 18.5. The highest BCUT2D eigenvalue weighted by Crippen LogP contribution is 2.32. The average molecular weight is 454 g/mol. The number of morpholine rings is 1. The van der Waals surface area contributed by atoms with Crippen LogP contribution < -0.4 is 4.90 Å². The number of rotatable bonds is 4. The molecule has 0 saturated carbocycles. The Hall–Kier alpha value is -4.31. The molecule has 1 aliphatic rings. The van der Waals surface area contributed by atoms with Gasteiger partial charge in [-0.1, -0.05) is 30.3 Å². The predicted molar refractivity (Wildman–Crippen MR) is 127 cm³/mol. The number of pyridine rings is 1. The molecule has 1 N–H and O–H groups in total. The lowest BCUT2D eigenvalue weighted by Crippen LogP contribution is -2.37. The second-order valence-corrected chi connectivity index (χ2v) is 8.03. The number of imidazole rings is 1. The molecule has 10 nitrogen and oxygen atoms in total. The first-order valence-electron chi connectivity index (χ1n) is 11.0. The van der Waals surface area contributed by atoms with E-state index in [0.29, 0.717) is 49.0 Å². The fraction of sp³-hybridized carbons (Fsp3) is 0.208. The van der Waals surface area contributed by atoms with E-state index in [2.05, 4.69) is 15.0 Å². The van der Waals surface area contributed by atoms with Crippen LogP contribution in [-0.4, -0.2) is 65.7 Å². The molecule has 0 radical (unpaired) electrons. The summed E-state index contributed by atoms with van der Waals surface area (Å²) in [6, 6.07) is 13.4. The number of aromatic nitrogens is 7. The van der Waals surface area contributed by atoms with Crippen LogP contribution in [0.2, 0.25) is 0 Å². The second kappa shape index (κ2) is 8.23. The molecule has 0 spiro atoms. The smallest absolute Gasteiger partial charge is 0.254 e. The molecule has 0 unspecified atom stereocenters. The molecule has 4 aromatic heterocycles. The van der Waals surface area contributed by atoms with Gasteiger partial charge in [-0.15, -0.1) is 5.10 Å². The van der Waals surface area contributed by atoms with Crippen molar-refractivity contribution in [3.8, 4) is 34.3 Å². The van der Waals surface area contributed by atoms with E-state index in [1.54, 1.807) is 18.6 Å². The molecule has 6 rings (SSSR count). The Labute approximate surface area is 195 Å². The van der Waals surface area contributed by atoms with Gasteiger partial charge in [-0.25, -0.2) is 9.67 Å². The number of hydrogen-bond acceptors (Lipinski definition) is 8. The van der Waals surface area contributed by atoms with Crippen LogP contribution in [0.3, 0.4) is 0 Å². The molecule has 1 saturated heterocycles. The fourth-order valence-electron chi connectivity index (χ4n) is 4.18. The van der Waals surface area contributed by atoms with Gasteiger partial charge >= 0.3 is 0 Å². The highest BCUT2D eigenvalue weighted by atomic mass is 16.5. The van der Waals surface area contributed by atoms with E-state index in [1.807, 2.05) is 54.1 Å². The average Bonchev–Trinajstić information content (AvgIpc) is 3.45. The molecule has 1 aromatic carbocycles. The number of nitrogens with zero attached hydrogens (tertiary/aromatic N) is 8. The van der Waals surface area contributed by atoms with E-state index in [0.717, 1.165) is 22.8 Å². The van der Waals surface area contributed by atoms with Crippen LogP contribution in [0.1, 0.15) is 0 Å². The lowest BCUT2D eigenvalue weighted by molar-refractivity contribution is 0.122. The summed E-state index contributed by atoms with van der Waals surface area (Å²) in [5.74, 6) is 1.77. The first kappa shape index (κ1) is 20.3. The van der Waals surface area contributed by atoms with Crippen molar-refractivity contribution in [2.75, 3.05) is 31.2 Å². The van der Waals surface area contributed by atoms with Crippen LogP contribution in [0.5, 0.6) is 5.88 Å². The van der Waals surface area contributed by atoms with E-state index in [4.69, 9.17) is 19.7 Å². The Morgan fingerprint density at radius 1 is 0.912 bits per heavy atom. The Bertz CT molecular complexity index is 1460. The minimum Gasteiger partial charge on any atom is -0.492 e. The van der Waals surface area contributed by atoms with Gasteiger partial charge in [0.15, 0.2) is 17.0 Å². The van der Waals surface area contributed by atoms with Crippen molar-refractivity contribution >= 4 is 17.0 Å². The lowest BCUT2D eigenvalue weighted by atomic mass is 10.1. The monoisotopic (exact) mass is 454 g/mol. The Balaban J connectivity index is 1.54. The number of aryl methyl sites for hydroxylation is 1. The molecule has 0 atom stereocenters. The van der Waals surface area contributed by atoms with Gasteiger partial charge < -0.3 is 19.3 Å². The zero-order chi connectivity index (χ0) is 23.1. The quantitative estimate of drug-likeness (QED) is 0.442. The molecular formula is C24H22N8O2. The number of fused-ring (bicyclic) bond motifs is 1. The zero-order valence-corrected chi connectivity index (χ0v) is 18.5. The van der Waals surface area contributed by atoms with E-state index in [1.165, 1.54) is 4.68 Å². The van der Waals surface area contributed by atoms with Gasteiger partial charge in [-0.3, -0.25) is 4.98 Å². The van der Waals surface area contributed by atoms with Crippen molar-refractivity contribution in [1.82, 2.24) is 34.3 Å². The largest absolute Gasteiger partial charge is 0.492 e. The third-order valence-corrected chi connectivity index (χ3v) is 5.92. The van der Waals surface area contributed by atoms with Crippen LogP contribution in [0.25, 0.3) is 39.6 Å². The summed E-state index contributed by atoms with van der Waals surface area (Å²) < 4.78 is 9.01. The first-order chi connectivity index (χ1) is 16.7. The molecule has 0 aliphatic carbocycles. The third-order valence-electron chi connectivity index (χ3n) is 5.92. The molecule has 0 amide bonds. The lowest BCUT2D eigenvalue weighted by Gasteiger charge is -2.28. The molecule has 5 heterocycles. The molecule has 34 heavy (non-hydrogen) atoms. The molecule has 170 valence electrons. The normalized spacial score (nSPS) is 14.1. The summed E-state index contributed by atoms with van der Waals surface area (Å²) in [5.41, 5.74) is 3.79. The maximum atomic E-state index is 10.5. The minimum absolute atomic E-state index is 0.0784. The summed E-state index contributed by atoms with van der Waals surface area (Å²) in [6.07, 6.45) is 5.23. The van der Waals surface area contributed by atoms with Crippen LogP contribution in [-0.2, 0) is 11.8 Å². The van der Waals surface area contributed by atoms with Gasteiger partial charge in [-0.05, 0) is 17.7 Å². The van der Waals surface area contributed by atoms with Crippen LogP contribution >= 0.6 is 0 Å². The number of hydrogen-bond donors (Lipinski definition) is 1. The van der Waals surface area contributed by atoms with Crippen LogP contribution in [0, 0.1) is 0 Å². The molecular weight excluding hydrogens is 432 g/mol. The topological polar surface area (TPSA) is 107 Å². The predicted octanol–water partition coefficient (Wildman–Crippen LogP) is 2.82. The molecule has 5 aromatic rings. The summed E-state index contributed by atoms with van der Waals surface area (Å²) in [6.45, 7) is 2.63. The summed E-state index contributed by atoms with van der Waals surface area (Å²) in [4.78, 5) is 20.8. The molecule has 1 fully saturated rings. The van der Waals surface area contributed by atoms with Crippen LogP contribution in [0.15, 0.2) is 61.1 Å². The van der Waals surface area contributed by atoms with Crippen molar-refractivity contribution in [2.45, 2.75) is 0 Å². The van der Waals surface area contributed by atoms with Gasteiger partial charge in [0, 0.05) is 44.3 Å². The fourth-order valence-corrected chi connectivity index (χ4v) is 4.18. The van der Waals surface area contributed by atoms with Gasteiger partial charge in [0.2, 0.25) is 5.88 Å². The van der Waals surface area contributed by atoms with E-state index < -0.39 is 0 Å². The number of aromatic hydroxyl groups is 1. The Kier molecular flexibility index (Phi) is 4.92. The SMILES string of the molecule is Cn1c(-c2ccncc2)nc2c(N3CCOCC3)nc(-n3cc(-c4ccccc4)c(O)n3)nc21. The van der Waals surface area contributed by atoms with Crippen LogP contribution in [0.4, 0.5) is 5.82 Å². The van der Waals surface area contributed by atoms with Gasteiger partial charge in [0.25, 0.3) is 5.95 Å². The molecule has 10 heteroatoms.